The maximum Gasteiger partial charge on any atom is 0.0701 e. The molecule has 2 rings (SSSR count). The highest BCUT2D eigenvalue weighted by Gasteiger charge is 2.22. The van der Waals surface area contributed by atoms with Crippen LogP contribution in [0.1, 0.15) is 25.1 Å². The van der Waals surface area contributed by atoms with Crippen LogP contribution in [0.25, 0.3) is 0 Å². The highest BCUT2D eigenvalue weighted by molar-refractivity contribution is 9.11. The number of halogens is 1. The van der Waals surface area contributed by atoms with Gasteiger partial charge in [0.1, 0.15) is 0 Å². The first kappa shape index (κ1) is 13.5. The molecule has 0 saturated carbocycles. The zero-order valence-electron chi connectivity index (χ0n) is 10.6. The van der Waals surface area contributed by atoms with Crippen LogP contribution in [0.2, 0.25) is 0 Å². The molecule has 17 heavy (non-hydrogen) atoms. The average Bonchev–Trinajstić information content (AvgIpc) is 2.86. The quantitative estimate of drug-likeness (QED) is 0.896. The molecule has 0 aromatic carbocycles. The van der Waals surface area contributed by atoms with Crippen molar-refractivity contribution >= 4 is 27.3 Å². The van der Waals surface area contributed by atoms with Gasteiger partial charge in [0.05, 0.1) is 3.79 Å². The molecular formula is C13H21BrN2S. The maximum absolute atomic E-state index is 3.54. The fourth-order valence-corrected chi connectivity index (χ4v) is 3.81. The van der Waals surface area contributed by atoms with E-state index in [9.17, 15) is 0 Å². The van der Waals surface area contributed by atoms with Crippen molar-refractivity contribution in [2.45, 2.75) is 32.9 Å². The Morgan fingerprint density at radius 1 is 1.53 bits per heavy atom. The van der Waals surface area contributed by atoms with Crippen LogP contribution in [0.5, 0.6) is 0 Å². The van der Waals surface area contributed by atoms with Crippen molar-refractivity contribution in [2.75, 3.05) is 19.6 Å². The summed E-state index contributed by atoms with van der Waals surface area (Å²) >= 11 is 5.38. The summed E-state index contributed by atoms with van der Waals surface area (Å²) in [6.07, 6.45) is 1.34. The Morgan fingerprint density at radius 3 is 3.00 bits per heavy atom. The molecule has 4 heteroatoms. The second kappa shape index (κ2) is 6.32. The van der Waals surface area contributed by atoms with Crippen molar-refractivity contribution in [3.05, 3.63) is 20.8 Å². The molecule has 1 fully saturated rings. The van der Waals surface area contributed by atoms with Crippen molar-refractivity contribution in [3.63, 3.8) is 0 Å². The smallest absolute Gasteiger partial charge is 0.0701 e. The molecular weight excluding hydrogens is 296 g/mol. The predicted molar refractivity (Wildman–Crippen MR) is 78.5 cm³/mol. The molecule has 0 bridgehead atoms. The second-order valence-corrected chi connectivity index (χ2v) is 7.71. The van der Waals surface area contributed by atoms with Crippen LogP contribution < -0.4 is 5.32 Å². The van der Waals surface area contributed by atoms with Crippen LogP contribution in [0.4, 0.5) is 0 Å². The molecule has 1 aliphatic rings. The summed E-state index contributed by atoms with van der Waals surface area (Å²) in [6, 6.07) is 4.99. The van der Waals surface area contributed by atoms with E-state index in [1.807, 2.05) is 11.3 Å². The van der Waals surface area contributed by atoms with Gasteiger partial charge in [-0.2, -0.15) is 0 Å². The van der Waals surface area contributed by atoms with Gasteiger partial charge < -0.3 is 5.32 Å². The number of hydrogen-bond donors (Lipinski definition) is 1. The molecule has 1 aromatic heterocycles. The van der Waals surface area contributed by atoms with Gasteiger partial charge in [-0.25, -0.2) is 0 Å². The fraction of sp³-hybridized carbons (Fsp3) is 0.692. The van der Waals surface area contributed by atoms with Gasteiger partial charge in [-0.1, -0.05) is 13.8 Å². The molecule has 1 atom stereocenters. The Kier molecular flexibility index (Phi) is 5.03. The van der Waals surface area contributed by atoms with Gasteiger partial charge in [-0.3, -0.25) is 4.90 Å². The van der Waals surface area contributed by atoms with Crippen LogP contribution in [0.15, 0.2) is 15.9 Å². The summed E-state index contributed by atoms with van der Waals surface area (Å²) in [6.45, 7) is 9.22. The number of hydrogen-bond acceptors (Lipinski definition) is 3. The maximum atomic E-state index is 3.54. The third-order valence-electron chi connectivity index (χ3n) is 3.19. The Bertz CT molecular complexity index is 351. The normalized spacial score (nSPS) is 21.5. The largest absolute Gasteiger partial charge is 0.314 e. The zero-order valence-corrected chi connectivity index (χ0v) is 13.0. The van der Waals surface area contributed by atoms with Crippen molar-refractivity contribution < 1.29 is 0 Å². The summed E-state index contributed by atoms with van der Waals surface area (Å²) in [7, 11) is 0. The van der Waals surface area contributed by atoms with Crippen molar-refractivity contribution in [3.8, 4) is 0 Å². The van der Waals surface area contributed by atoms with E-state index in [2.05, 4.69) is 52.1 Å². The van der Waals surface area contributed by atoms with Crippen LogP contribution in [0, 0.1) is 5.92 Å². The molecule has 1 aromatic rings. The first-order valence-electron chi connectivity index (χ1n) is 6.33. The summed E-state index contributed by atoms with van der Waals surface area (Å²) in [5.74, 6) is 0.834. The molecule has 0 amide bonds. The van der Waals surface area contributed by atoms with E-state index < -0.39 is 0 Å². The first-order chi connectivity index (χ1) is 8.13. The summed E-state index contributed by atoms with van der Waals surface area (Å²) in [5.41, 5.74) is 0. The van der Waals surface area contributed by atoms with Gasteiger partial charge in [0.2, 0.25) is 0 Å². The SMILES string of the molecule is CC(C)NCC1CCN(Cc2ccc(Br)s2)C1. The molecule has 1 N–H and O–H groups in total. The first-order valence-corrected chi connectivity index (χ1v) is 7.94. The number of rotatable bonds is 5. The predicted octanol–water partition coefficient (Wildman–Crippen LogP) is 3.33. The lowest BCUT2D eigenvalue weighted by atomic mass is 10.1. The number of nitrogens with zero attached hydrogens (tertiary/aromatic N) is 1. The third-order valence-corrected chi connectivity index (χ3v) is 4.80. The van der Waals surface area contributed by atoms with E-state index in [0.717, 1.165) is 12.5 Å². The average molecular weight is 317 g/mol. The highest BCUT2D eigenvalue weighted by atomic mass is 79.9. The van der Waals surface area contributed by atoms with Crippen LogP contribution in [0.3, 0.4) is 0 Å². The fourth-order valence-electron chi connectivity index (χ4n) is 2.28. The minimum absolute atomic E-state index is 0.609. The number of nitrogens with one attached hydrogen (secondary N) is 1. The molecule has 96 valence electrons. The van der Waals surface area contributed by atoms with Crippen LogP contribution in [-0.4, -0.2) is 30.6 Å². The highest BCUT2D eigenvalue weighted by Crippen LogP contribution is 2.25. The topological polar surface area (TPSA) is 15.3 Å². The number of likely N-dealkylation sites (tertiary alicyclic amines) is 1. The molecule has 1 saturated heterocycles. The van der Waals surface area contributed by atoms with E-state index in [1.165, 1.54) is 34.7 Å². The van der Waals surface area contributed by atoms with E-state index in [4.69, 9.17) is 0 Å². The molecule has 2 heterocycles. The van der Waals surface area contributed by atoms with Crippen LogP contribution >= 0.6 is 27.3 Å². The summed E-state index contributed by atoms with van der Waals surface area (Å²) in [5, 5.41) is 3.54. The Balaban J connectivity index is 1.74. The number of thiophene rings is 1. The van der Waals surface area contributed by atoms with Gasteiger partial charge >= 0.3 is 0 Å². The monoisotopic (exact) mass is 316 g/mol. The van der Waals surface area contributed by atoms with Crippen molar-refractivity contribution in [2.24, 2.45) is 5.92 Å². The van der Waals surface area contributed by atoms with Gasteiger partial charge in [-0.15, -0.1) is 11.3 Å². The molecule has 1 aliphatic heterocycles. The summed E-state index contributed by atoms with van der Waals surface area (Å²) < 4.78 is 1.24. The van der Waals surface area contributed by atoms with Crippen LogP contribution in [-0.2, 0) is 6.54 Å². The second-order valence-electron chi connectivity index (χ2n) is 5.16. The Labute approximate surface area is 117 Å². The van der Waals surface area contributed by atoms with E-state index in [1.54, 1.807) is 0 Å². The van der Waals surface area contributed by atoms with E-state index in [0.29, 0.717) is 6.04 Å². The molecule has 1 unspecified atom stereocenters. The molecule has 0 aliphatic carbocycles. The van der Waals surface area contributed by atoms with Gasteiger partial charge in [0.15, 0.2) is 0 Å². The van der Waals surface area contributed by atoms with Crippen molar-refractivity contribution in [1.82, 2.24) is 10.2 Å². The Morgan fingerprint density at radius 2 is 2.35 bits per heavy atom. The third kappa shape index (κ3) is 4.36. The minimum Gasteiger partial charge on any atom is -0.314 e. The van der Waals surface area contributed by atoms with Gasteiger partial charge in [0.25, 0.3) is 0 Å². The lowest BCUT2D eigenvalue weighted by Crippen LogP contribution is -2.30. The Hall–Kier alpha value is 0.1000. The molecule has 2 nitrogen and oxygen atoms in total. The summed E-state index contributed by atoms with van der Waals surface area (Å²) in [4.78, 5) is 4.04. The standard InChI is InChI=1S/C13H21BrN2S/c1-10(2)15-7-11-5-6-16(8-11)9-12-3-4-13(14)17-12/h3-4,10-11,15H,5-9H2,1-2H3. The van der Waals surface area contributed by atoms with Gasteiger partial charge in [-0.05, 0) is 53.5 Å². The molecule has 0 radical (unpaired) electrons. The van der Waals surface area contributed by atoms with E-state index in [-0.39, 0.29) is 0 Å². The zero-order chi connectivity index (χ0) is 12.3. The molecule has 0 spiro atoms. The van der Waals surface area contributed by atoms with Crippen molar-refractivity contribution in [1.29, 1.82) is 0 Å². The lowest BCUT2D eigenvalue weighted by Gasteiger charge is -2.16. The van der Waals surface area contributed by atoms with E-state index >= 15 is 0 Å². The minimum atomic E-state index is 0.609. The lowest BCUT2D eigenvalue weighted by molar-refractivity contribution is 0.315. The van der Waals surface area contributed by atoms with Gasteiger partial charge in [0, 0.05) is 24.0 Å².